The molecule has 0 radical (unpaired) electrons. The van der Waals surface area contributed by atoms with Crippen LogP contribution in [0.4, 0.5) is 0 Å². The lowest BCUT2D eigenvalue weighted by Gasteiger charge is -2.58. The average Bonchev–Trinajstić information content (AvgIpc) is 3.64. The van der Waals surface area contributed by atoms with E-state index in [4.69, 9.17) is 14.2 Å². The molecule has 14 atom stereocenters. The Morgan fingerprint density at radius 2 is 1.45 bits per heavy atom. The first-order chi connectivity index (χ1) is 30.8. The highest BCUT2D eigenvalue weighted by Crippen LogP contribution is 2.67. The van der Waals surface area contributed by atoms with Crippen molar-refractivity contribution in [2.24, 2.45) is 52.3 Å². The summed E-state index contributed by atoms with van der Waals surface area (Å²) in [7, 11) is 0. The number of aliphatic hydroxyl groups excluding tert-OH is 3. The number of carbonyl (C=O) groups excluding carboxylic acids is 1. The van der Waals surface area contributed by atoms with E-state index < -0.39 is 30.7 Å². The molecule has 1 saturated heterocycles. The molecule has 0 bridgehead atoms. The van der Waals surface area contributed by atoms with E-state index in [9.17, 15) is 20.1 Å². The Hall–Kier alpha value is -1.77. The SMILES string of the molecule is CCCCC/C=C\C/C=C\C/C=C\CCCCCCCCC(=O)OCC1OC(OC2CCC3(C)C(=CCC4C3CCC3(C)C(C(C)CCC(CC)C(C)C)CCC43)C2)C(O)C(O)C1O. The number of aliphatic hydroxyl groups is 3. The largest absolute Gasteiger partial charge is 0.463 e. The third-order valence-corrected chi connectivity index (χ3v) is 17.7. The fourth-order valence-electron chi connectivity index (χ4n) is 13.5. The van der Waals surface area contributed by atoms with Gasteiger partial charge in [0, 0.05) is 6.42 Å². The van der Waals surface area contributed by atoms with E-state index in [1.54, 1.807) is 0 Å². The molecule has 0 aromatic heterocycles. The average molecular weight is 893 g/mol. The number of hydrogen-bond donors (Lipinski definition) is 3. The van der Waals surface area contributed by atoms with Crippen LogP contribution in [0.25, 0.3) is 0 Å². The summed E-state index contributed by atoms with van der Waals surface area (Å²) in [6.45, 7) is 17.0. The summed E-state index contributed by atoms with van der Waals surface area (Å²) < 4.78 is 18.1. The van der Waals surface area contributed by atoms with Crippen LogP contribution in [0.2, 0.25) is 0 Å². The predicted molar refractivity (Wildman–Crippen MR) is 262 cm³/mol. The van der Waals surface area contributed by atoms with Crippen LogP contribution in [0.15, 0.2) is 48.1 Å². The maximum Gasteiger partial charge on any atom is 0.305 e. The normalized spacial score (nSPS) is 35.1. The highest BCUT2D eigenvalue weighted by molar-refractivity contribution is 5.69. The Morgan fingerprint density at radius 3 is 2.14 bits per heavy atom. The quantitative estimate of drug-likeness (QED) is 0.0428. The van der Waals surface area contributed by atoms with Crippen molar-refractivity contribution >= 4 is 5.97 Å². The van der Waals surface area contributed by atoms with Crippen LogP contribution in [-0.4, -0.2) is 64.7 Å². The molecule has 5 rings (SSSR count). The molecule has 4 fully saturated rings. The molecule has 0 amide bonds. The van der Waals surface area contributed by atoms with Crippen LogP contribution >= 0.6 is 0 Å². The standard InChI is InChI=1S/C57H96O7/c1-8-10-11-12-13-14-15-16-17-18-19-20-21-22-23-24-25-26-27-28-51(58)62-40-50-52(59)53(60)54(61)55(64-50)63-45-35-37-56(6)44(39-45)31-32-46-48-34-33-47(57(48,7)38-36-49(46)56)42(5)29-30-43(9-2)41(3)4/h13-14,16-17,19-20,31,41-43,45-50,52-55,59-61H,8-12,15,18,21-30,32-40H2,1-7H3/b14-13-,17-16-,20-19-. The molecule has 14 unspecified atom stereocenters. The van der Waals surface area contributed by atoms with Crippen LogP contribution in [0.5, 0.6) is 0 Å². The molecule has 7 nitrogen and oxygen atoms in total. The van der Waals surface area contributed by atoms with Crippen molar-refractivity contribution < 1.29 is 34.3 Å². The first kappa shape index (κ1) is 53.2. The molecule has 5 aliphatic rings. The van der Waals surface area contributed by atoms with Gasteiger partial charge in [0.1, 0.15) is 31.0 Å². The summed E-state index contributed by atoms with van der Waals surface area (Å²) in [6.07, 6.45) is 38.0. The van der Waals surface area contributed by atoms with Gasteiger partial charge in [0.2, 0.25) is 0 Å². The number of hydrogen-bond acceptors (Lipinski definition) is 7. The summed E-state index contributed by atoms with van der Waals surface area (Å²) in [5, 5.41) is 32.6. The van der Waals surface area contributed by atoms with Crippen LogP contribution in [-0.2, 0) is 19.0 Å². The van der Waals surface area contributed by atoms with E-state index in [0.717, 1.165) is 106 Å². The van der Waals surface area contributed by atoms with Crippen molar-refractivity contribution in [3.05, 3.63) is 48.1 Å². The Labute approximate surface area is 391 Å². The number of rotatable bonds is 27. The van der Waals surface area contributed by atoms with Gasteiger partial charge in [-0.15, -0.1) is 0 Å². The Morgan fingerprint density at radius 1 is 0.781 bits per heavy atom. The van der Waals surface area contributed by atoms with E-state index >= 15 is 0 Å². The van der Waals surface area contributed by atoms with Gasteiger partial charge in [-0.05, 0) is 155 Å². The van der Waals surface area contributed by atoms with Crippen LogP contribution in [0.1, 0.15) is 209 Å². The lowest BCUT2D eigenvalue weighted by Crippen LogP contribution is -2.60. The van der Waals surface area contributed by atoms with Gasteiger partial charge in [0.05, 0.1) is 6.10 Å². The van der Waals surface area contributed by atoms with Gasteiger partial charge in [-0.1, -0.05) is 148 Å². The highest BCUT2D eigenvalue weighted by Gasteiger charge is 2.59. The zero-order chi connectivity index (χ0) is 46.1. The second-order valence-corrected chi connectivity index (χ2v) is 22.2. The third kappa shape index (κ3) is 14.4. The maximum atomic E-state index is 12.7. The van der Waals surface area contributed by atoms with Gasteiger partial charge in [0.25, 0.3) is 0 Å². The predicted octanol–water partition coefficient (Wildman–Crippen LogP) is 13.5. The number of ether oxygens (including phenoxy) is 3. The van der Waals surface area contributed by atoms with Crippen molar-refractivity contribution in [1.82, 2.24) is 0 Å². The van der Waals surface area contributed by atoms with Crippen LogP contribution in [0, 0.1) is 52.3 Å². The van der Waals surface area contributed by atoms with Crippen molar-refractivity contribution in [1.29, 1.82) is 0 Å². The van der Waals surface area contributed by atoms with Crippen molar-refractivity contribution in [3.63, 3.8) is 0 Å². The van der Waals surface area contributed by atoms with Gasteiger partial charge < -0.3 is 29.5 Å². The summed E-state index contributed by atoms with van der Waals surface area (Å²) in [5.74, 6) is 5.19. The lowest BCUT2D eigenvalue weighted by atomic mass is 9.47. The molecule has 3 saturated carbocycles. The minimum absolute atomic E-state index is 0.147. The van der Waals surface area contributed by atoms with E-state index in [0.29, 0.717) is 17.8 Å². The highest BCUT2D eigenvalue weighted by atomic mass is 16.7. The molecule has 1 heterocycles. The smallest absolute Gasteiger partial charge is 0.305 e. The van der Waals surface area contributed by atoms with E-state index in [-0.39, 0.29) is 24.1 Å². The molecular formula is C57H96O7. The number of carbonyl (C=O) groups is 1. The first-order valence-corrected chi connectivity index (χ1v) is 27.0. The topological polar surface area (TPSA) is 105 Å². The molecule has 0 spiro atoms. The molecule has 4 aliphatic carbocycles. The fourth-order valence-corrected chi connectivity index (χ4v) is 13.5. The summed E-state index contributed by atoms with van der Waals surface area (Å²) in [6, 6.07) is 0. The van der Waals surface area contributed by atoms with Gasteiger partial charge >= 0.3 is 5.97 Å². The lowest BCUT2D eigenvalue weighted by molar-refractivity contribution is -0.313. The minimum Gasteiger partial charge on any atom is -0.463 e. The van der Waals surface area contributed by atoms with E-state index in [1.807, 2.05) is 0 Å². The number of allylic oxidation sites excluding steroid dienone is 7. The maximum absolute atomic E-state index is 12.7. The van der Waals surface area contributed by atoms with Crippen molar-refractivity contribution in [2.45, 2.75) is 246 Å². The van der Waals surface area contributed by atoms with Gasteiger partial charge in [0.15, 0.2) is 6.29 Å². The van der Waals surface area contributed by atoms with E-state index in [1.165, 1.54) is 89.0 Å². The second kappa shape index (κ2) is 26.7. The van der Waals surface area contributed by atoms with Crippen molar-refractivity contribution in [3.8, 4) is 0 Å². The monoisotopic (exact) mass is 893 g/mol. The molecule has 0 aromatic rings. The van der Waals surface area contributed by atoms with E-state index in [2.05, 4.69) is 91.0 Å². The second-order valence-electron chi connectivity index (χ2n) is 22.2. The summed E-state index contributed by atoms with van der Waals surface area (Å²) in [4.78, 5) is 12.7. The van der Waals surface area contributed by atoms with Gasteiger partial charge in [-0.25, -0.2) is 0 Å². The molecular weight excluding hydrogens is 797 g/mol. The molecule has 0 aromatic carbocycles. The van der Waals surface area contributed by atoms with Crippen LogP contribution < -0.4 is 0 Å². The van der Waals surface area contributed by atoms with Gasteiger partial charge in [-0.2, -0.15) is 0 Å². The first-order valence-electron chi connectivity index (χ1n) is 27.0. The van der Waals surface area contributed by atoms with Crippen LogP contribution in [0.3, 0.4) is 0 Å². The fraction of sp³-hybridized carbons (Fsp3) is 0.842. The third-order valence-electron chi connectivity index (χ3n) is 17.7. The number of esters is 1. The Bertz CT molecular complexity index is 1480. The number of fused-ring (bicyclic) bond motifs is 5. The molecule has 1 aliphatic heterocycles. The number of unbranched alkanes of at least 4 members (excludes halogenated alkanes) is 9. The molecule has 366 valence electrons. The molecule has 3 N–H and O–H groups in total. The Kier molecular flexibility index (Phi) is 22.2. The molecule has 64 heavy (non-hydrogen) atoms. The minimum atomic E-state index is -1.45. The molecule has 7 heteroatoms. The summed E-state index contributed by atoms with van der Waals surface area (Å²) in [5.41, 5.74) is 2.11. The van der Waals surface area contributed by atoms with Gasteiger partial charge in [-0.3, -0.25) is 4.79 Å². The Balaban J connectivity index is 0.981. The van der Waals surface area contributed by atoms with Crippen molar-refractivity contribution in [2.75, 3.05) is 6.61 Å². The summed E-state index contributed by atoms with van der Waals surface area (Å²) >= 11 is 0. The zero-order valence-corrected chi connectivity index (χ0v) is 41.9. The zero-order valence-electron chi connectivity index (χ0n) is 41.9.